The van der Waals surface area contributed by atoms with Gasteiger partial charge in [0.1, 0.15) is 17.5 Å². The van der Waals surface area contributed by atoms with Crippen molar-refractivity contribution in [2.24, 2.45) is 0 Å². The van der Waals surface area contributed by atoms with Crippen molar-refractivity contribution < 1.29 is 13.6 Å². The van der Waals surface area contributed by atoms with Crippen molar-refractivity contribution >= 4 is 23.1 Å². The predicted molar refractivity (Wildman–Crippen MR) is 109 cm³/mol. The third-order valence-electron chi connectivity index (χ3n) is 4.00. The Kier molecular flexibility index (Phi) is 6.67. The summed E-state index contributed by atoms with van der Waals surface area (Å²) >= 11 is 0. The van der Waals surface area contributed by atoms with Crippen molar-refractivity contribution in [1.82, 2.24) is 9.97 Å². The monoisotopic (exact) mass is 397 g/mol. The molecule has 0 bridgehead atoms. The van der Waals surface area contributed by atoms with Crippen LogP contribution in [0.15, 0.2) is 54.9 Å². The first-order valence-electron chi connectivity index (χ1n) is 9.16. The fourth-order valence-corrected chi connectivity index (χ4v) is 2.76. The molecule has 3 rings (SSSR count). The molecule has 0 saturated heterocycles. The van der Waals surface area contributed by atoms with Crippen LogP contribution >= 0.6 is 0 Å². The smallest absolute Gasteiger partial charge is 0.243 e. The number of benzene rings is 1. The Morgan fingerprint density at radius 2 is 1.93 bits per heavy atom. The number of halogens is 2. The van der Waals surface area contributed by atoms with E-state index in [1.165, 1.54) is 24.4 Å². The van der Waals surface area contributed by atoms with E-state index in [2.05, 4.69) is 25.9 Å². The summed E-state index contributed by atoms with van der Waals surface area (Å²) in [7, 11) is 0. The number of hydrogen-bond acceptors (Lipinski definition) is 5. The van der Waals surface area contributed by atoms with E-state index in [0.717, 1.165) is 0 Å². The van der Waals surface area contributed by atoms with Crippen molar-refractivity contribution in [3.63, 3.8) is 0 Å². The van der Waals surface area contributed by atoms with Gasteiger partial charge in [-0.2, -0.15) is 0 Å². The Balaban J connectivity index is 1.67. The van der Waals surface area contributed by atoms with Gasteiger partial charge in [-0.15, -0.1) is 0 Å². The van der Waals surface area contributed by atoms with Crippen molar-refractivity contribution in [3.05, 3.63) is 77.8 Å². The second-order valence-corrected chi connectivity index (χ2v) is 6.32. The summed E-state index contributed by atoms with van der Waals surface area (Å²) in [4.78, 5) is 20.2. The number of hydrogen-bond donors (Lipinski definition) is 3. The summed E-state index contributed by atoms with van der Waals surface area (Å²) in [6.45, 7) is 2.52. The molecule has 0 unspecified atom stereocenters. The van der Waals surface area contributed by atoms with Crippen molar-refractivity contribution in [3.8, 4) is 0 Å². The molecule has 3 N–H and O–H groups in total. The van der Waals surface area contributed by atoms with Gasteiger partial charge in [0.25, 0.3) is 0 Å². The Morgan fingerprint density at radius 3 is 2.69 bits per heavy atom. The Hall–Kier alpha value is -3.55. The van der Waals surface area contributed by atoms with Crippen LogP contribution in [0.2, 0.25) is 0 Å². The molecule has 29 heavy (non-hydrogen) atoms. The fraction of sp³-hybridized carbons (Fsp3) is 0.190. The molecule has 0 atom stereocenters. The number of carbonyl (C=O) groups is 1. The highest BCUT2D eigenvalue weighted by molar-refractivity contribution is 5.93. The summed E-state index contributed by atoms with van der Waals surface area (Å²) in [6.07, 6.45) is 3.26. The Labute approximate surface area is 167 Å². The number of pyridine rings is 2. The van der Waals surface area contributed by atoms with E-state index < -0.39 is 11.6 Å². The van der Waals surface area contributed by atoms with Gasteiger partial charge in [0.05, 0.1) is 24.1 Å². The van der Waals surface area contributed by atoms with E-state index in [9.17, 15) is 13.6 Å². The molecule has 0 aliphatic rings. The van der Waals surface area contributed by atoms with E-state index in [1.54, 1.807) is 30.5 Å². The SMILES string of the molecule is CCNc1ccc(F)c(Cc2cc(F)cc(NCC(=O)Nc3cccnc3)c2)n1. The summed E-state index contributed by atoms with van der Waals surface area (Å²) in [5.74, 6) is -0.678. The molecular formula is C21H21F2N5O. The maximum absolute atomic E-state index is 14.1. The minimum absolute atomic E-state index is 0.0553. The molecule has 0 saturated carbocycles. The Morgan fingerprint density at radius 1 is 1.07 bits per heavy atom. The molecule has 1 amide bonds. The largest absolute Gasteiger partial charge is 0.376 e. The van der Waals surface area contributed by atoms with E-state index >= 15 is 0 Å². The molecule has 3 aromatic rings. The van der Waals surface area contributed by atoms with Gasteiger partial charge in [-0.3, -0.25) is 9.78 Å². The summed E-state index contributed by atoms with van der Waals surface area (Å²) in [5.41, 5.74) is 1.75. The third-order valence-corrected chi connectivity index (χ3v) is 4.00. The summed E-state index contributed by atoms with van der Waals surface area (Å²) in [5, 5.41) is 8.58. The normalized spacial score (nSPS) is 10.4. The molecule has 0 fully saturated rings. The zero-order chi connectivity index (χ0) is 20.6. The van der Waals surface area contributed by atoms with E-state index in [0.29, 0.717) is 29.3 Å². The zero-order valence-electron chi connectivity index (χ0n) is 15.9. The highest BCUT2D eigenvalue weighted by Crippen LogP contribution is 2.19. The number of anilines is 3. The molecule has 8 heteroatoms. The van der Waals surface area contributed by atoms with Gasteiger partial charge in [-0.1, -0.05) is 0 Å². The van der Waals surface area contributed by atoms with E-state index in [-0.39, 0.29) is 24.6 Å². The van der Waals surface area contributed by atoms with Gasteiger partial charge >= 0.3 is 0 Å². The number of carbonyl (C=O) groups excluding carboxylic acids is 1. The van der Waals surface area contributed by atoms with E-state index in [4.69, 9.17) is 0 Å². The van der Waals surface area contributed by atoms with Gasteiger partial charge in [-0.05, 0) is 55.0 Å². The number of aromatic nitrogens is 2. The van der Waals surface area contributed by atoms with Crippen LogP contribution in [0.4, 0.5) is 26.0 Å². The molecule has 0 aliphatic heterocycles. The van der Waals surface area contributed by atoms with E-state index in [1.807, 2.05) is 6.92 Å². The lowest BCUT2D eigenvalue weighted by molar-refractivity contribution is -0.114. The van der Waals surface area contributed by atoms with Crippen molar-refractivity contribution in [2.75, 3.05) is 29.0 Å². The molecule has 0 spiro atoms. The maximum Gasteiger partial charge on any atom is 0.243 e. The minimum Gasteiger partial charge on any atom is -0.376 e. The highest BCUT2D eigenvalue weighted by Gasteiger charge is 2.10. The average molecular weight is 397 g/mol. The third kappa shape index (κ3) is 5.97. The first kappa shape index (κ1) is 20.2. The first-order chi connectivity index (χ1) is 14.0. The number of amides is 1. The van der Waals surface area contributed by atoms with Crippen LogP contribution in [-0.4, -0.2) is 29.0 Å². The van der Waals surface area contributed by atoms with Crippen LogP contribution in [0.25, 0.3) is 0 Å². The number of nitrogens with one attached hydrogen (secondary N) is 3. The molecular weight excluding hydrogens is 376 g/mol. The van der Waals surface area contributed by atoms with Crippen molar-refractivity contribution in [2.45, 2.75) is 13.3 Å². The topological polar surface area (TPSA) is 78.9 Å². The number of rotatable bonds is 8. The average Bonchev–Trinajstić information content (AvgIpc) is 2.70. The highest BCUT2D eigenvalue weighted by atomic mass is 19.1. The second-order valence-electron chi connectivity index (χ2n) is 6.32. The van der Waals surface area contributed by atoms with Gasteiger partial charge in [0.15, 0.2) is 0 Å². The van der Waals surface area contributed by atoms with Crippen LogP contribution in [-0.2, 0) is 11.2 Å². The van der Waals surface area contributed by atoms with Gasteiger partial charge in [0.2, 0.25) is 5.91 Å². The Bertz CT molecular complexity index is 982. The molecule has 150 valence electrons. The molecule has 2 aromatic heterocycles. The lowest BCUT2D eigenvalue weighted by atomic mass is 10.1. The lowest BCUT2D eigenvalue weighted by Gasteiger charge is -2.11. The summed E-state index contributed by atoms with van der Waals surface area (Å²) < 4.78 is 28.1. The molecule has 0 aliphatic carbocycles. The van der Waals surface area contributed by atoms with Crippen LogP contribution in [0, 0.1) is 11.6 Å². The van der Waals surface area contributed by atoms with Crippen LogP contribution in [0.5, 0.6) is 0 Å². The predicted octanol–water partition coefficient (Wildman–Crippen LogP) is 3.83. The van der Waals surface area contributed by atoms with Crippen molar-refractivity contribution in [1.29, 1.82) is 0 Å². The standard InChI is InChI=1S/C21H21F2N5O/c1-2-25-20-6-5-18(23)19(28-20)10-14-8-15(22)11-17(9-14)26-13-21(29)27-16-4-3-7-24-12-16/h3-9,11-12,26H,2,10,13H2,1H3,(H,25,28)(H,27,29). The fourth-order valence-electron chi connectivity index (χ4n) is 2.76. The van der Waals surface area contributed by atoms with Crippen LogP contribution < -0.4 is 16.0 Å². The quantitative estimate of drug-likeness (QED) is 0.538. The summed E-state index contributed by atoms with van der Waals surface area (Å²) in [6, 6.07) is 10.6. The minimum atomic E-state index is -0.485. The number of nitrogens with zero attached hydrogens (tertiary/aromatic N) is 2. The molecule has 1 aromatic carbocycles. The zero-order valence-corrected chi connectivity index (χ0v) is 15.9. The van der Waals surface area contributed by atoms with Crippen LogP contribution in [0.3, 0.4) is 0 Å². The van der Waals surface area contributed by atoms with Crippen LogP contribution in [0.1, 0.15) is 18.2 Å². The second kappa shape index (κ2) is 9.59. The molecule has 2 heterocycles. The maximum atomic E-state index is 14.1. The lowest BCUT2D eigenvalue weighted by Crippen LogP contribution is -2.21. The molecule has 6 nitrogen and oxygen atoms in total. The van der Waals surface area contributed by atoms with Gasteiger partial charge in [-0.25, -0.2) is 13.8 Å². The van der Waals surface area contributed by atoms with Gasteiger partial charge < -0.3 is 16.0 Å². The van der Waals surface area contributed by atoms with Gasteiger partial charge in [0, 0.05) is 24.8 Å². The first-order valence-corrected chi connectivity index (χ1v) is 9.16. The molecule has 0 radical (unpaired) electrons.